The molecule has 26 heavy (non-hydrogen) atoms. The van der Waals surface area contributed by atoms with Crippen molar-refractivity contribution in [3.05, 3.63) is 72.9 Å². The number of hydrogen-bond donors (Lipinski definition) is 0. The maximum atomic E-state index is 4.35. The third-order valence-electron chi connectivity index (χ3n) is 3.46. The van der Waals surface area contributed by atoms with Crippen LogP contribution < -0.4 is 0 Å². The third-order valence-corrected chi connectivity index (χ3v) is 3.46. The van der Waals surface area contributed by atoms with E-state index in [2.05, 4.69) is 98.7 Å². The lowest BCUT2D eigenvalue weighted by atomic mass is 10.2. The van der Waals surface area contributed by atoms with Crippen LogP contribution in [0.25, 0.3) is 0 Å². The topological polar surface area (TPSA) is 12.4 Å². The second kappa shape index (κ2) is 21.2. The monoisotopic (exact) mass is 353 g/mol. The van der Waals surface area contributed by atoms with Gasteiger partial charge in [-0.25, -0.2) is 0 Å². The first-order valence-corrected chi connectivity index (χ1v) is 10.2. The van der Waals surface area contributed by atoms with Gasteiger partial charge in [0.1, 0.15) is 0 Å². The van der Waals surface area contributed by atoms with Gasteiger partial charge in [0.05, 0.1) is 0 Å². The van der Waals surface area contributed by atoms with Gasteiger partial charge < -0.3 is 0 Å². The van der Waals surface area contributed by atoms with Crippen molar-refractivity contribution in [1.29, 1.82) is 0 Å². The fourth-order valence-electron chi connectivity index (χ4n) is 2.10. The van der Waals surface area contributed by atoms with Crippen LogP contribution >= 0.6 is 0 Å². The van der Waals surface area contributed by atoms with Crippen LogP contribution in [0.1, 0.15) is 72.1 Å². The Morgan fingerprint density at radius 3 is 1.31 bits per heavy atom. The number of rotatable bonds is 15. The zero-order valence-electron chi connectivity index (χ0n) is 17.2. The molecule has 0 radical (unpaired) electrons. The van der Waals surface area contributed by atoms with E-state index >= 15 is 0 Å². The highest BCUT2D eigenvalue weighted by atomic mass is 14.7. The van der Waals surface area contributed by atoms with E-state index in [4.69, 9.17) is 0 Å². The van der Waals surface area contributed by atoms with Crippen LogP contribution in [0.15, 0.2) is 77.9 Å². The molecule has 0 aromatic heterocycles. The van der Waals surface area contributed by atoms with E-state index in [0.29, 0.717) is 6.04 Å². The van der Waals surface area contributed by atoms with E-state index in [1.165, 1.54) is 0 Å². The molecule has 0 aliphatic rings. The van der Waals surface area contributed by atoms with E-state index in [1.807, 2.05) is 6.21 Å². The standard InChI is InChI=1S/C25H39N/c1-4-5-6-7-8-9-10-11-12-13-14-15-16-17-18-19-20-21-22-23-24-26-25(2)3/h5-6,8-9,11-12,14-15,17-18,20-21,24-25H,4,7,10,13,16,19,22-23H2,1-3H3/b6-5-,9-8-,12-11-,15-14-,18-17-,21-20-,26-24?. The van der Waals surface area contributed by atoms with Gasteiger partial charge >= 0.3 is 0 Å². The minimum Gasteiger partial charge on any atom is -0.295 e. The predicted molar refractivity (Wildman–Crippen MR) is 121 cm³/mol. The summed E-state index contributed by atoms with van der Waals surface area (Å²) in [5.41, 5.74) is 0. The van der Waals surface area contributed by atoms with Crippen molar-refractivity contribution in [2.24, 2.45) is 4.99 Å². The fourth-order valence-corrected chi connectivity index (χ4v) is 2.10. The summed E-state index contributed by atoms with van der Waals surface area (Å²) >= 11 is 0. The zero-order chi connectivity index (χ0) is 19.1. The van der Waals surface area contributed by atoms with E-state index < -0.39 is 0 Å². The lowest BCUT2D eigenvalue weighted by molar-refractivity contribution is 0.835. The zero-order valence-corrected chi connectivity index (χ0v) is 17.2. The van der Waals surface area contributed by atoms with Crippen LogP contribution in [0.2, 0.25) is 0 Å². The van der Waals surface area contributed by atoms with Crippen LogP contribution in [0.3, 0.4) is 0 Å². The number of aliphatic imine (C=N–C) groups is 1. The molecule has 0 rings (SSSR count). The van der Waals surface area contributed by atoms with Gasteiger partial charge in [0.2, 0.25) is 0 Å². The molecule has 0 aromatic carbocycles. The Morgan fingerprint density at radius 1 is 0.538 bits per heavy atom. The van der Waals surface area contributed by atoms with Gasteiger partial charge in [0.25, 0.3) is 0 Å². The number of allylic oxidation sites excluding steroid dienone is 12. The summed E-state index contributed by atoms with van der Waals surface area (Å²) < 4.78 is 0. The second-order valence-electron chi connectivity index (χ2n) is 6.42. The van der Waals surface area contributed by atoms with Gasteiger partial charge in [-0.15, -0.1) is 0 Å². The normalized spacial score (nSPS) is 13.7. The summed E-state index contributed by atoms with van der Waals surface area (Å²) in [6, 6.07) is 0.417. The Kier molecular flexibility index (Phi) is 19.6. The van der Waals surface area contributed by atoms with Crippen molar-refractivity contribution in [2.45, 2.75) is 78.2 Å². The minimum atomic E-state index is 0.417. The van der Waals surface area contributed by atoms with E-state index in [1.54, 1.807) is 0 Å². The molecule has 0 heterocycles. The maximum absolute atomic E-state index is 4.35. The largest absolute Gasteiger partial charge is 0.295 e. The Balaban J connectivity index is 3.52. The molecule has 0 spiro atoms. The number of hydrogen-bond acceptors (Lipinski definition) is 1. The number of unbranched alkanes of at least 4 members (excludes halogenated alkanes) is 1. The van der Waals surface area contributed by atoms with Crippen molar-refractivity contribution < 1.29 is 0 Å². The molecule has 144 valence electrons. The molecule has 1 heteroatoms. The summed E-state index contributed by atoms with van der Waals surface area (Å²) in [7, 11) is 0. The first-order chi connectivity index (χ1) is 12.8. The quantitative estimate of drug-likeness (QED) is 0.161. The van der Waals surface area contributed by atoms with Crippen LogP contribution in [-0.4, -0.2) is 12.3 Å². The molecule has 0 saturated carbocycles. The molecule has 0 amide bonds. The first kappa shape index (κ1) is 24.1. The van der Waals surface area contributed by atoms with Crippen molar-refractivity contribution in [3.8, 4) is 0 Å². The fraction of sp³-hybridized carbons (Fsp3) is 0.480. The van der Waals surface area contributed by atoms with Gasteiger partial charge in [0, 0.05) is 6.04 Å². The summed E-state index contributed by atoms with van der Waals surface area (Å²) in [6.07, 6.45) is 37.2. The highest BCUT2D eigenvalue weighted by Crippen LogP contribution is 1.97. The van der Waals surface area contributed by atoms with Crippen LogP contribution in [0.5, 0.6) is 0 Å². The summed E-state index contributed by atoms with van der Waals surface area (Å²) in [4.78, 5) is 4.35. The van der Waals surface area contributed by atoms with Gasteiger partial charge in [-0.05, 0) is 71.4 Å². The van der Waals surface area contributed by atoms with Crippen LogP contribution in [-0.2, 0) is 0 Å². The summed E-state index contributed by atoms with van der Waals surface area (Å²) in [6.45, 7) is 6.37. The molecule has 0 atom stereocenters. The molecule has 0 aliphatic heterocycles. The van der Waals surface area contributed by atoms with Crippen molar-refractivity contribution >= 4 is 6.21 Å². The molecule has 0 unspecified atom stereocenters. The average Bonchev–Trinajstić information content (AvgIpc) is 2.62. The Hall–Kier alpha value is -1.89. The number of nitrogens with zero attached hydrogens (tertiary/aromatic N) is 1. The SMILES string of the molecule is CC/C=C\C/C=C\C/C=C\C/C=C\C/C=C\C/C=C\CCC=NC(C)C. The van der Waals surface area contributed by atoms with Crippen LogP contribution in [0, 0.1) is 0 Å². The molecule has 1 nitrogen and oxygen atoms in total. The maximum Gasteiger partial charge on any atom is 0.0439 e. The first-order valence-electron chi connectivity index (χ1n) is 10.2. The lowest BCUT2D eigenvalue weighted by Crippen LogP contribution is -1.88. The van der Waals surface area contributed by atoms with E-state index in [0.717, 1.165) is 51.4 Å². The highest BCUT2D eigenvalue weighted by molar-refractivity contribution is 5.57. The molecule has 0 fully saturated rings. The van der Waals surface area contributed by atoms with Gasteiger partial charge in [-0.2, -0.15) is 0 Å². The molecule has 0 aromatic rings. The Labute approximate surface area is 162 Å². The third kappa shape index (κ3) is 22.1. The Morgan fingerprint density at radius 2 is 0.923 bits per heavy atom. The van der Waals surface area contributed by atoms with Crippen LogP contribution in [0.4, 0.5) is 0 Å². The molecule has 0 N–H and O–H groups in total. The molecular weight excluding hydrogens is 314 g/mol. The van der Waals surface area contributed by atoms with Gasteiger partial charge in [0.15, 0.2) is 0 Å². The Bertz CT molecular complexity index is 484. The van der Waals surface area contributed by atoms with Gasteiger partial charge in [-0.1, -0.05) is 79.8 Å². The molecular formula is C25H39N. The smallest absolute Gasteiger partial charge is 0.0439 e. The average molecular weight is 354 g/mol. The van der Waals surface area contributed by atoms with Crippen molar-refractivity contribution in [1.82, 2.24) is 0 Å². The van der Waals surface area contributed by atoms with Gasteiger partial charge in [-0.3, -0.25) is 4.99 Å². The van der Waals surface area contributed by atoms with E-state index in [-0.39, 0.29) is 0 Å². The molecule has 0 bridgehead atoms. The predicted octanol–water partition coefficient (Wildman–Crippen LogP) is 7.94. The molecule has 0 aliphatic carbocycles. The van der Waals surface area contributed by atoms with Crippen molar-refractivity contribution in [3.63, 3.8) is 0 Å². The highest BCUT2D eigenvalue weighted by Gasteiger charge is 1.82. The lowest BCUT2D eigenvalue weighted by Gasteiger charge is -1.92. The van der Waals surface area contributed by atoms with Crippen molar-refractivity contribution in [2.75, 3.05) is 0 Å². The van der Waals surface area contributed by atoms with E-state index in [9.17, 15) is 0 Å². The summed E-state index contributed by atoms with van der Waals surface area (Å²) in [5.74, 6) is 0. The minimum absolute atomic E-state index is 0.417. The summed E-state index contributed by atoms with van der Waals surface area (Å²) in [5, 5.41) is 0. The molecule has 0 saturated heterocycles. The second-order valence-corrected chi connectivity index (χ2v) is 6.42.